The van der Waals surface area contributed by atoms with Gasteiger partial charge in [0.1, 0.15) is 5.82 Å². The van der Waals surface area contributed by atoms with Crippen molar-refractivity contribution in [2.75, 3.05) is 13.1 Å². The van der Waals surface area contributed by atoms with Crippen LogP contribution in [0.2, 0.25) is 5.02 Å². The fraction of sp³-hybridized carbons (Fsp3) is 0.400. The van der Waals surface area contributed by atoms with E-state index in [-0.39, 0.29) is 17.0 Å². The van der Waals surface area contributed by atoms with E-state index in [1.807, 2.05) is 4.90 Å². The van der Waals surface area contributed by atoms with E-state index in [4.69, 9.17) is 11.6 Å². The number of benzene rings is 1. The van der Waals surface area contributed by atoms with Crippen molar-refractivity contribution in [1.82, 2.24) is 19.9 Å². The smallest absolute Gasteiger partial charge is 0.222 e. The van der Waals surface area contributed by atoms with E-state index >= 15 is 0 Å². The Morgan fingerprint density at radius 3 is 2.86 bits per heavy atom. The van der Waals surface area contributed by atoms with E-state index in [9.17, 15) is 9.18 Å². The largest absolute Gasteiger partial charge is 0.340 e. The second-order valence-electron chi connectivity index (χ2n) is 5.38. The molecule has 0 N–H and O–H groups in total. The highest BCUT2D eigenvalue weighted by Gasteiger charge is 2.27. The van der Waals surface area contributed by atoms with Crippen molar-refractivity contribution in [2.24, 2.45) is 0 Å². The molecule has 1 unspecified atom stereocenters. The minimum Gasteiger partial charge on any atom is -0.340 e. The Morgan fingerprint density at radius 1 is 1.36 bits per heavy atom. The fourth-order valence-electron chi connectivity index (χ4n) is 2.68. The van der Waals surface area contributed by atoms with Crippen LogP contribution in [-0.2, 0) is 11.2 Å². The molecular formula is C15H16ClFN4O. The maximum Gasteiger partial charge on any atom is 0.222 e. The lowest BCUT2D eigenvalue weighted by Crippen LogP contribution is -2.29. The van der Waals surface area contributed by atoms with Crippen LogP contribution in [0, 0.1) is 5.82 Å². The van der Waals surface area contributed by atoms with Crippen molar-refractivity contribution in [2.45, 2.75) is 25.3 Å². The molecule has 0 radical (unpaired) electrons. The van der Waals surface area contributed by atoms with E-state index in [0.29, 0.717) is 19.4 Å². The summed E-state index contributed by atoms with van der Waals surface area (Å²) < 4.78 is 13.1. The first kappa shape index (κ1) is 15.0. The molecule has 1 fully saturated rings. The first-order chi connectivity index (χ1) is 10.6. The topological polar surface area (TPSA) is 51.0 Å². The minimum absolute atomic E-state index is 0.0927. The molecule has 1 saturated heterocycles. The number of amides is 1. The fourth-order valence-corrected chi connectivity index (χ4v) is 2.88. The molecule has 0 bridgehead atoms. The number of hydrogen-bond donors (Lipinski definition) is 0. The zero-order valence-corrected chi connectivity index (χ0v) is 12.7. The Labute approximate surface area is 132 Å². The molecule has 0 saturated carbocycles. The molecule has 1 aliphatic rings. The molecule has 1 aromatic carbocycles. The normalized spacial score (nSPS) is 17.9. The predicted octanol–water partition coefficient (Wildman–Crippen LogP) is 2.48. The number of carbonyl (C=O) groups excluding carboxylic acids is 1. The quantitative estimate of drug-likeness (QED) is 0.869. The highest BCUT2D eigenvalue weighted by molar-refractivity contribution is 6.30. The summed E-state index contributed by atoms with van der Waals surface area (Å²) in [6.45, 7) is 1.35. The number of carbonyl (C=O) groups is 1. The summed E-state index contributed by atoms with van der Waals surface area (Å²) in [5.41, 5.74) is 0.865. The van der Waals surface area contributed by atoms with Crippen molar-refractivity contribution in [3.05, 3.63) is 47.0 Å². The minimum atomic E-state index is -0.439. The Hall–Kier alpha value is -1.95. The summed E-state index contributed by atoms with van der Waals surface area (Å²) in [5.74, 6) is -0.346. The molecule has 0 spiro atoms. The first-order valence-electron chi connectivity index (χ1n) is 7.21. The summed E-state index contributed by atoms with van der Waals surface area (Å²) in [4.78, 5) is 15.7. The van der Waals surface area contributed by atoms with Crippen LogP contribution < -0.4 is 0 Å². The van der Waals surface area contributed by atoms with Crippen molar-refractivity contribution < 1.29 is 9.18 Å². The van der Waals surface area contributed by atoms with Gasteiger partial charge in [-0.15, -0.1) is 0 Å². The van der Waals surface area contributed by atoms with Gasteiger partial charge in [0.15, 0.2) is 0 Å². The Kier molecular flexibility index (Phi) is 4.38. The average Bonchev–Trinajstić information content (AvgIpc) is 3.18. The summed E-state index contributed by atoms with van der Waals surface area (Å²) in [5, 5.41) is 8.34. The van der Waals surface area contributed by atoms with Crippen molar-refractivity contribution in [3.8, 4) is 0 Å². The molecule has 2 aromatic rings. The molecule has 1 aliphatic heterocycles. The maximum atomic E-state index is 13.1. The molecule has 1 aromatic heterocycles. The highest BCUT2D eigenvalue weighted by Crippen LogP contribution is 2.21. The number of aryl methyl sites for hydroxylation is 1. The molecule has 116 valence electrons. The third-order valence-corrected chi connectivity index (χ3v) is 4.18. The second kappa shape index (κ2) is 6.44. The van der Waals surface area contributed by atoms with E-state index < -0.39 is 5.82 Å². The molecule has 1 amide bonds. The van der Waals surface area contributed by atoms with Crippen LogP contribution in [0.1, 0.15) is 24.4 Å². The van der Waals surface area contributed by atoms with Gasteiger partial charge in [-0.2, -0.15) is 15.0 Å². The maximum absolute atomic E-state index is 13.1. The zero-order valence-electron chi connectivity index (χ0n) is 12.0. The summed E-state index contributed by atoms with van der Waals surface area (Å²) >= 11 is 5.75. The third kappa shape index (κ3) is 3.27. The molecule has 1 atom stereocenters. The van der Waals surface area contributed by atoms with Gasteiger partial charge in [0.2, 0.25) is 5.91 Å². The van der Waals surface area contributed by atoms with Gasteiger partial charge in [0.25, 0.3) is 0 Å². The molecule has 5 nitrogen and oxygen atoms in total. The monoisotopic (exact) mass is 322 g/mol. The number of rotatable bonds is 4. The van der Waals surface area contributed by atoms with Crippen LogP contribution in [0.25, 0.3) is 0 Å². The van der Waals surface area contributed by atoms with Crippen LogP contribution in [0.15, 0.2) is 30.6 Å². The summed E-state index contributed by atoms with van der Waals surface area (Å²) in [6.07, 6.45) is 5.09. The van der Waals surface area contributed by atoms with Gasteiger partial charge in [-0.3, -0.25) is 4.79 Å². The lowest BCUT2D eigenvalue weighted by Gasteiger charge is -2.16. The van der Waals surface area contributed by atoms with Gasteiger partial charge in [0, 0.05) is 19.5 Å². The Balaban J connectivity index is 1.53. The van der Waals surface area contributed by atoms with Gasteiger partial charge >= 0.3 is 0 Å². The van der Waals surface area contributed by atoms with E-state index in [0.717, 1.165) is 18.5 Å². The van der Waals surface area contributed by atoms with Crippen LogP contribution in [0.4, 0.5) is 4.39 Å². The molecule has 7 heteroatoms. The van der Waals surface area contributed by atoms with Crippen molar-refractivity contribution in [1.29, 1.82) is 0 Å². The predicted molar refractivity (Wildman–Crippen MR) is 80.0 cm³/mol. The number of nitrogens with zero attached hydrogens (tertiary/aromatic N) is 4. The first-order valence-corrected chi connectivity index (χ1v) is 7.59. The molecule has 0 aliphatic carbocycles. The summed E-state index contributed by atoms with van der Waals surface area (Å²) in [6, 6.07) is 4.72. The van der Waals surface area contributed by atoms with Gasteiger partial charge < -0.3 is 4.90 Å². The van der Waals surface area contributed by atoms with E-state index in [2.05, 4.69) is 10.2 Å². The second-order valence-corrected chi connectivity index (χ2v) is 5.79. The van der Waals surface area contributed by atoms with E-state index in [1.165, 1.54) is 6.07 Å². The zero-order chi connectivity index (χ0) is 15.5. The highest BCUT2D eigenvalue weighted by atomic mass is 35.5. The van der Waals surface area contributed by atoms with Crippen LogP contribution in [0.5, 0.6) is 0 Å². The number of halogens is 2. The van der Waals surface area contributed by atoms with Gasteiger partial charge in [-0.25, -0.2) is 4.39 Å². The lowest BCUT2D eigenvalue weighted by atomic mass is 10.1. The number of aromatic nitrogens is 3. The lowest BCUT2D eigenvalue weighted by molar-refractivity contribution is -0.130. The van der Waals surface area contributed by atoms with E-state index in [1.54, 1.807) is 29.3 Å². The standard InChI is InChI=1S/C15H16ClFN4O/c16-13-9-11(1-3-14(13)17)2-4-15(22)20-8-5-12(10-20)21-18-6-7-19-21/h1,3,6-7,9,12H,2,4-5,8,10H2. The summed E-state index contributed by atoms with van der Waals surface area (Å²) in [7, 11) is 0. The SMILES string of the molecule is O=C(CCc1ccc(F)c(Cl)c1)N1CCC(n2nccn2)C1. The molecule has 22 heavy (non-hydrogen) atoms. The average molecular weight is 323 g/mol. The van der Waals surface area contributed by atoms with Crippen LogP contribution in [-0.4, -0.2) is 38.9 Å². The molecule has 2 heterocycles. The van der Waals surface area contributed by atoms with Gasteiger partial charge in [-0.1, -0.05) is 17.7 Å². The molecular weight excluding hydrogens is 307 g/mol. The van der Waals surface area contributed by atoms with Crippen LogP contribution in [0.3, 0.4) is 0 Å². The van der Waals surface area contributed by atoms with Gasteiger partial charge in [0.05, 0.1) is 23.5 Å². The Bertz CT molecular complexity index is 662. The number of likely N-dealkylation sites (tertiary alicyclic amines) is 1. The van der Waals surface area contributed by atoms with Crippen molar-refractivity contribution in [3.63, 3.8) is 0 Å². The molecule has 3 rings (SSSR count). The third-order valence-electron chi connectivity index (χ3n) is 3.89. The van der Waals surface area contributed by atoms with Crippen LogP contribution >= 0.6 is 11.6 Å². The van der Waals surface area contributed by atoms with Gasteiger partial charge in [-0.05, 0) is 30.5 Å². The Morgan fingerprint density at radius 2 is 2.14 bits per heavy atom. The van der Waals surface area contributed by atoms with Crippen molar-refractivity contribution >= 4 is 17.5 Å². The number of hydrogen-bond acceptors (Lipinski definition) is 3.